The number of nitrogens with one attached hydrogen (secondary N) is 1. The Labute approximate surface area is 238 Å². The molecule has 37 heavy (non-hydrogen) atoms. The fourth-order valence-corrected chi connectivity index (χ4v) is 5.03. The van der Waals surface area contributed by atoms with Gasteiger partial charge in [-0.3, -0.25) is 9.59 Å². The number of thioether (sulfide) groups is 1. The van der Waals surface area contributed by atoms with Gasteiger partial charge in [0.25, 0.3) is 0 Å². The number of hydrogen-bond acceptors (Lipinski definition) is 3. The number of benzene rings is 3. The molecule has 0 aliphatic carbocycles. The third kappa shape index (κ3) is 9.57. The highest BCUT2D eigenvalue weighted by molar-refractivity contribution is 7.99. The molecule has 0 fully saturated rings. The Morgan fingerprint density at radius 2 is 1.59 bits per heavy atom. The van der Waals surface area contributed by atoms with Gasteiger partial charge in [0.1, 0.15) is 6.04 Å². The van der Waals surface area contributed by atoms with E-state index in [0.29, 0.717) is 33.8 Å². The molecule has 196 valence electrons. The van der Waals surface area contributed by atoms with Gasteiger partial charge in [-0.05, 0) is 53.4 Å². The van der Waals surface area contributed by atoms with Gasteiger partial charge < -0.3 is 10.2 Å². The summed E-state index contributed by atoms with van der Waals surface area (Å²) >= 11 is 20.0. The Morgan fingerprint density at radius 3 is 2.24 bits per heavy atom. The summed E-state index contributed by atoms with van der Waals surface area (Å²) in [7, 11) is 0. The molecule has 0 saturated heterocycles. The van der Waals surface area contributed by atoms with Crippen LogP contribution < -0.4 is 5.32 Å². The third-order valence-electron chi connectivity index (χ3n) is 5.69. The van der Waals surface area contributed by atoms with Crippen molar-refractivity contribution in [3.63, 3.8) is 0 Å². The maximum atomic E-state index is 13.7. The second kappa shape index (κ2) is 14.7. The van der Waals surface area contributed by atoms with Gasteiger partial charge in [0.15, 0.2) is 0 Å². The van der Waals surface area contributed by atoms with Crippen molar-refractivity contribution >= 4 is 58.4 Å². The van der Waals surface area contributed by atoms with Crippen LogP contribution >= 0.6 is 46.6 Å². The van der Waals surface area contributed by atoms with Crippen LogP contribution in [0.4, 0.5) is 0 Å². The first-order valence-electron chi connectivity index (χ1n) is 12.2. The summed E-state index contributed by atoms with van der Waals surface area (Å²) in [4.78, 5) is 29.8. The van der Waals surface area contributed by atoms with Crippen molar-refractivity contribution in [2.24, 2.45) is 5.92 Å². The number of nitrogens with zero attached hydrogens (tertiary/aromatic N) is 1. The molecule has 3 rings (SSSR count). The highest BCUT2D eigenvalue weighted by Crippen LogP contribution is 2.26. The van der Waals surface area contributed by atoms with Crippen LogP contribution in [0.3, 0.4) is 0 Å². The lowest BCUT2D eigenvalue weighted by Gasteiger charge is -2.32. The maximum Gasteiger partial charge on any atom is 0.243 e. The molecular weight excluding hydrogens is 547 g/mol. The van der Waals surface area contributed by atoms with E-state index in [1.165, 1.54) is 0 Å². The largest absolute Gasteiger partial charge is 0.354 e. The van der Waals surface area contributed by atoms with Crippen LogP contribution in [0.1, 0.15) is 31.4 Å². The first kappa shape index (κ1) is 29.4. The van der Waals surface area contributed by atoms with Gasteiger partial charge in [-0.2, -0.15) is 0 Å². The number of carbonyl (C=O) groups excluding carboxylic acids is 2. The van der Waals surface area contributed by atoms with Gasteiger partial charge in [0.2, 0.25) is 11.8 Å². The van der Waals surface area contributed by atoms with E-state index < -0.39 is 6.04 Å². The summed E-state index contributed by atoms with van der Waals surface area (Å²) in [5.74, 6) is 0.588. The van der Waals surface area contributed by atoms with Crippen molar-refractivity contribution in [3.05, 3.63) is 99.0 Å². The molecule has 3 aromatic rings. The van der Waals surface area contributed by atoms with Crippen molar-refractivity contribution < 1.29 is 9.59 Å². The van der Waals surface area contributed by atoms with E-state index in [1.54, 1.807) is 28.8 Å². The minimum Gasteiger partial charge on any atom is -0.354 e. The molecule has 0 bridgehead atoms. The molecule has 2 amide bonds. The van der Waals surface area contributed by atoms with E-state index in [4.69, 9.17) is 34.8 Å². The number of rotatable bonds is 12. The average molecular weight is 578 g/mol. The molecule has 0 saturated carbocycles. The molecule has 3 aromatic carbocycles. The molecule has 0 aliphatic heterocycles. The first-order valence-corrected chi connectivity index (χ1v) is 14.3. The third-order valence-corrected chi connectivity index (χ3v) is 7.70. The highest BCUT2D eigenvalue weighted by atomic mass is 35.5. The van der Waals surface area contributed by atoms with Crippen molar-refractivity contribution in [2.75, 3.05) is 12.3 Å². The normalized spacial score (nSPS) is 11.8. The van der Waals surface area contributed by atoms with E-state index in [9.17, 15) is 9.59 Å². The van der Waals surface area contributed by atoms with Gasteiger partial charge in [-0.25, -0.2) is 0 Å². The molecule has 4 nitrogen and oxygen atoms in total. The van der Waals surface area contributed by atoms with Gasteiger partial charge in [0.05, 0.1) is 10.0 Å². The molecule has 0 radical (unpaired) electrons. The van der Waals surface area contributed by atoms with Gasteiger partial charge in [0, 0.05) is 41.6 Å². The van der Waals surface area contributed by atoms with Crippen LogP contribution in [0.25, 0.3) is 0 Å². The fraction of sp³-hybridized carbons (Fsp3) is 0.310. The lowest BCUT2D eigenvalue weighted by atomic mass is 10.0. The lowest BCUT2D eigenvalue weighted by Crippen LogP contribution is -2.51. The van der Waals surface area contributed by atoms with Gasteiger partial charge in [-0.1, -0.05) is 85.0 Å². The summed E-state index contributed by atoms with van der Waals surface area (Å²) < 4.78 is 0. The van der Waals surface area contributed by atoms with Crippen molar-refractivity contribution in [3.8, 4) is 0 Å². The Bertz CT molecular complexity index is 1170. The SMILES string of the molecule is CC(C)CNC(=O)[C@@H](Cc1ccccc1)N(Cc1ccc(Cl)c(Cl)c1)C(=O)CCSc1ccc(Cl)cc1. The van der Waals surface area contributed by atoms with Crippen molar-refractivity contribution in [2.45, 2.75) is 44.2 Å². The van der Waals surface area contributed by atoms with Crippen molar-refractivity contribution in [1.82, 2.24) is 10.2 Å². The second-order valence-electron chi connectivity index (χ2n) is 9.17. The Morgan fingerprint density at radius 1 is 0.892 bits per heavy atom. The van der Waals surface area contributed by atoms with Crippen molar-refractivity contribution in [1.29, 1.82) is 0 Å². The van der Waals surface area contributed by atoms with E-state index in [2.05, 4.69) is 5.32 Å². The molecule has 0 spiro atoms. The van der Waals surface area contributed by atoms with E-state index in [1.807, 2.05) is 74.5 Å². The predicted molar refractivity (Wildman–Crippen MR) is 156 cm³/mol. The van der Waals surface area contributed by atoms with Gasteiger partial charge in [-0.15, -0.1) is 11.8 Å². The summed E-state index contributed by atoms with van der Waals surface area (Å²) in [6.07, 6.45) is 0.680. The number of carbonyl (C=O) groups is 2. The number of hydrogen-bond donors (Lipinski definition) is 1. The van der Waals surface area contributed by atoms with Gasteiger partial charge >= 0.3 is 0 Å². The number of amides is 2. The monoisotopic (exact) mass is 576 g/mol. The lowest BCUT2D eigenvalue weighted by molar-refractivity contribution is -0.141. The predicted octanol–water partition coefficient (Wildman–Crippen LogP) is 7.54. The molecule has 1 atom stereocenters. The minimum absolute atomic E-state index is 0.104. The van der Waals surface area contributed by atoms with Crippen LogP contribution in [-0.4, -0.2) is 35.1 Å². The zero-order valence-electron chi connectivity index (χ0n) is 20.9. The van der Waals surface area contributed by atoms with E-state index in [0.717, 1.165) is 16.0 Å². The quantitative estimate of drug-likeness (QED) is 0.226. The fourth-order valence-electron chi connectivity index (χ4n) is 3.74. The van der Waals surface area contributed by atoms with Crippen LogP contribution in [0.5, 0.6) is 0 Å². The summed E-state index contributed by atoms with van der Waals surface area (Å²) in [6, 6.07) is 21.9. The molecule has 0 aromatic heterocycles. The molecule has 1 N–H and O–H groups in total. The Hall–Kier alpha value is -2.18. The maximum absolute atomic E-state index is 13.7. The summed E-state index contributed by atoms with van der Waals surface area (Å²) in [5, 5.41) is 4.56. The summed E-state index contributed by atoms with van der Waals surface area (Å²) in [5.41, 5.74) is 1.79. The first-order chi connectivity index (χ1) is 17.7. The highest BCUT2D eigenvalue weighted by Gasteiger charge is 2.30. The Kier molecular flexibility index (Phi) is 11.7. The van der Waals surface area contributed by atoms with Crippen LogP contribution in [-0.2, 0) is 22.6 Å². The van der Waals surface area contributed by atoms with E-state index in [-0.39, 0.29) is 30.7 Å². The molecule has 8 heteroatoms. The topological polar surface area (TPSA) is 49.4 Å². The Balaban J connectivity index is 1.86. The molecule has 0 heterocycles. The second-order valence-corrected chi connectivity index (χ2v) is 11.6. The van der Waals surface area contributed by atoms with Crippen LogP contribution in [0.15, 0.2) is 77.7 Å². The molecule has 0 unspecified atom stereocenters. The standard InChI is InChI=1S/C29H31Cl3N2O2S/c1-20(2)18-33-29(36)27(17-21-6-4-3-5-7-21)34(19-22-8-13-25(31)26(32)16-22)28(35)14-15-37-24-11-9-23(30)10-12-24/h3-13,16,20,27H,14-15,17-19H2,1-2H3,(H,33,36)/t27-/m1/s1. The van der Waals surface area contributed by atoms with Crippen LogP contribution in [0.2, 0.25) is 15.1 Å². The average Bonchev–Trinajstić information content (AvgIpc) is 2.88. The molecular formula is C29H31Cl3N2O2S. The summed E-state index contributed by atoms with van der Waals surface area (Å²) in [6.45, 7) is 4.86. The van der Waals surface area contributed by atoms with E-state index >= 15 is 0 Å². The smallest absolute Gasteiger partial charge is 0.243 e. The zero-order chi connectivity index (χ0) is 26.8. The number of halogens is 3. The van der Waals surface area contributed by atoms with Crippen LogP contribution in [0, 0.1) is 5.92 Å². The minimum atomic E-state index is -0.677. The molecule has 0 aliphatic rings. The zero-order valence-corrected chi connectivity index (χ0v) is 24.0.